The molecule has 18 heavy (non-hydrogen) atoms. The van der Waals surface area contributed by atoms with Crippen molar-refractivity contribution in [1.29, 1.82) is 0 Å². The van der Waals surface area contributed by atoms with Crippen LogP contribution in [0.3, 0.4) is 0 Å². The molecule has 0 saturated carbocycles. The second-order valence-electron chi connectivity index (χ2n) is 5.30. The van der Waals surface area contributed by atoms with Crippen LogP contribution in [-0.2, 0) is 0 Å². The van der Waals surface area contributed by atoms with Gasteiger partial charge in [-0.05, 0) is 37.6 Å². The fourth-order valence-corrected chi connectivity index (χ4v) is 2.48. The van der Waals surface area contributed by atoms with Crippen molar-refractivity contribution in [1.82, 2.24) is 5.32 Å². The van der Waals surface area contributed by atoms with Crippen LogP contribution in [0.2, 0.25) is 0 Å². The summed E-state index contributed by atoms with van der Waals surface area (Å²) in [7, 11) is 4.18. The van der Waals surface area contributed by atoms with Crippen molar-refractivity contribution < 1.29 is 0 Å². The van der Waals surface area contributed by atoms with Gasteiger partial charge < -0.3 is 15.1 Å². The summed E-state index contributed by atoms with van der Waals surface area (Å²) < 4.78 is 0. The number of benzene rings is 1. The minimum absolute atomic E-state index is 0.660. The number of hydrogen-bond acceptors (Lipinski definition) is 3. The Hall–Kier alpha value is -1.22. The summed E-state index contributed by atoms with van der Waals surface area (Å²) in [6, 6.07) is 9.47. The molecular formula is C15H25N3. The summed E-state index contributed by atoms with van der Waals surface area (Å²) in [6.45, 7) is 5.66. The van der Waals surface area contributed by atoms with Crippen molar-refractivity contribution in [3.05, 3.63) is 24.3 Å². The Morgan fingerprint density at radius 2 is 2.22 bits per heavy atom. The van der Waals surface area contributed by atoms with Gasteiger partial charge in [-0.3, -0.25) is 0 Å². The second-order valence-corrected chi connectivity index (χ2v) is 5.30. The van der Waals surface area contributed by atoms with Gasteiger partial charge in [-0.1, -0.05) is 13.0 Å². The normalized spacial score (nSPS) is 19.3. The lowest BCUT2D eigenvalue weighted by molar-refractivity contribution is 0.549. The summed E-state index contributed by atoms with van der Waals surface area (Å²) >= 11 is 0. The monoisotopic (exact) mass is 247 g/mol. The van der Waals surface area contributed by atoms with Crippen molar-refractivity contribution in [2.24, 2.45) is 0 Å². The van der Waals surface area contributed by atoms with Gasteiger partial charge in [-0.15, -0.1) is 0 Å². The van der Waals surface area contributed by atoms with Gasteiger partial charge in [-0.2, -0.15) is 0 Å². The van der Waals surface area contributed by atoms with E-state index in [-0.39, 0.29) is 0 Å². The first kappa shape index (κ1) is 13.2. The molecule has 1 saturated heterocycles. The number of rotatable bonds is 5. The molecule has 1 heterocycles. The molecule has 1 fully saturated rings. The van der Waals surface area contributed by atoms with Gasteiger partial charge in [0.25, 0.3) is 0 Å². The average molecular weight is 247 g/mol. The van der Waals surface area contributed by atoms with Crippen LogP contribution >= 0.6 is 0 Å². The van der Waals surface area contributed by atoms with Crippen LogP contribution in [0.4, 0.5) is 11.4 Å². The molecule has 1 aromatic carbocycles. The summed E-state index contributed by atoms with van der Waals surface area (Å²) in [5, 5.41) is 3.62. The molecule has 0 aliphatic carbocycles. The summed E-state index contributed by atoms with van der Waals surface area (Å²) in [4.78, 5) is 4.65. The topological polar surface area (TPSA) is 18.5 Å². The Balaban J connectivity index is 1.98. The predicted octanol–water partition coefficient (Wildman–Crippen LogP) is 2.33. The molecule has 3 heteroatoms. The van der Waals surface area contributed by atoms with E-state index < -0.39 is 0 Å². The first-order valence-corrected chi connectivity index (χ1v) is 6.96. The molecule has 0 radical (unpaired) electrons. The smallest absolute Gasteiger partial charge is 0.0387 e. The van der Waals surface area contributed by atoms with E-state index in [9.17, 15) is 0 Å². The largest absolute Gasteiger partial charge is 0.378 e. The average Bonchev–Trinajstić information content (AvgIpc) is 2.85. The van der Waals surface area contributed by atoms with E-state index in [2.05, 4.69) is 60.4 Å². The zero-order chi connectivity index (χ0) is 13.0. The standard InChI is InChI=1S/C15H25N3/c1-4-9-16-13-8-10-18(12-13)15-7-5-6-14(11-15)17(2)3/h5-7,11,13,16H,4,8-10,12H2,1-3H3. The Morgan fingerprint density at radius 1 is 1.39 bits per heavy atom. The van der Waals surface area contributed by atoms with Crippen molar-refractivity contribution in [2.75, 3.05) is 43.5 Å². The van der Waals surface area contributed by atoms with Gasteiger partial charge in [0.15, 0.2) is 0 Å². The molecule has 1 aliphatic rings. The van der Waals surface area contributed by atoms with Crippen molar-refractivity contribution in [3.63, 3.8) is 0 Å². The lowest BCUT2D eigenvalue weighted by atomic mass is 10.2. The minimum Gasteiger partial charge on any atom is -0.378 e. The summed E-state index contributed by atoms with van der Waals surface area (Å²) in [5.74, 6) is 0. The number of hydrogen-bond donors (Lipinski definition) is 1. The Bertz CT molecular complexity index is 376. The fourth-order valence-electron chi connectivity index (χ4n) is 2.48. The van der Waals surface area contributed by atoms with Gasteiger partial charge in [0.1, 0.15) is 0 Å². The van der Waals surface area contributed by atoms with Crippen LogP contribution in [0, 0.1) is 0 Å². The molecule has 100 valence electrons. The quantitative estimate of drug-likeness (QED) is 0.861. The summed E-state index contributed by atoms with van der Waals surface area (Å²) in [6.07, 6.45) is 2.47. The van der Waals surface area contributed by atoms with Gasteiger partial charge >= 0.3 is 0 Å². The van der Waals surface area contributed by atoms with E-state index in [0.717, 1.165) is 19.6 Å². The number of nitrogens with one attached hydrogen (secondary N) is 1. The van der Waals surface area contributed by atoms with Gasteiger partial charge in [0.05, 0.1) is 0 Å². The lowest BCUT2D eigenvalue weighted by Gasteiger charge is -2.21. The lowest BCUT2D eigenvalue weighted by Crippen LogP contribution is -2.32. The predicted molar refractivity (Wildman–Crippen MR) is 79.7 cm³/mol. The zero-order valence-corrected chi connectivity index (χ0v) is 11.8. The third-order valence-corrected chi connectivity index (χ3v) is 3.58. The number of nitrogens with zero attached hydrogens (tertiary/aromatic N) is 2. The summed E-state index contributed by atoms with van der Waals surface area (Å²) in [5.41, 5.74) is 2.62. The van der Waals surface area contributed by atoms with E-state index in [0.29, 0.717) is 6.04 Å². The Morgan fingerprint density at radius 3 is 2.94 bits per heavy atom. The molecule has 1 atom stereocenters. The minimum atomic E-state index is 0.660. The highest BCUT2D eigenvalue weighted by Gasteiger charge is 2.21. The first-order chi connectivity index (χ1) is 8.70. The van der Waals surface area contributed by atoms with Crippen molar-refractivity contribution >= 4 is 11.4 Å². The van der Waals surface area contributed by atoms with Gasteiger partial charge in [0.2, 0.25) is 0 Å². The zero-order valence-electron chi connectivity index (χ0n) is 11.8. The van der Waals surface area contributed by atoms with Crippen molar-refractivity contribution in [3.8, 4) is 0 Å². The maximum absolute atomic E-state index is 3.62. The highest BCUT2D eigenvalue weighted by molar-refractivity contribution is 5.59. The molecule has 0 amide bonds. The van der Waals surface area contributed by atoms with E-state index >= 15 is 0 Å². The molecule has 0 aromatic heterocycles. The highest BCUT2D eigenvalue weighted by atomic mass is 15.2. The second kappa shape index (κ2) is 6.10. The van der Waals surface area contributed by atoms with Crippen LogP contribution in [0.15, 0.2) is 24.3 Å². The molecular weight excluding hydrogens is 222 g/mol. The van der Waals surface area contributed by atoms with Crippen molar-refractivity contribution in [2.45, 2.75) is 25.8 Å². The fraction of sp³-hybridized carbons (Fsp3) is 0.600. The molecule has 1 N–H and O–H groups in total. The maximum atomic E-state index is 3.62. The molecule has 2 rings (SSSR count). The van der Waals surface area contributed by atoms with Crippen LogP contribution < -0.4 is 15.1 Å². The van der Waals surface area contributed by atoms with Crippen LogP contribution in [0.1, 0.15) is 19.8 Å². The Kier molecular flexibility index (Phi) is 4.48. The van der Waals surface area contributed by atoms with Gasteiger partial charge in [0, 0.05) is 44.6 Å². The number of anilines is 2. The molecule has 1 aliphatic heterocycles. The van der Waals surface area contributed by atoms with Crippen LogP contribution in [0.25, 0.3) is 0 Å². The third-order valence-electron chi connectivity index (χ3n) is 3.58. The SMILES string of the molecule is CCCNC1CCN(c2cccc(N(C)C)c2)C1. The van der Waals surface area contributed by atoms with E-state index in [1.165, 1.54) is 24.2 Å². The van der Waals surface area contributed by atoms with Crippen LogP contribution in [0.5, 0.6) is 0 Å². The maximum Gasteiger partial charge on any atom is 0.0387 e. The van der Waals surface area contributed by atoms with Gasteiger partial charge in [-0.25, -0.2) is 0 Å². The van der Waals surface area contributed by atoms with E-state index in [1.54, 1.807) is 0 Å². The molecule has 1 aromatic rings. The van der Waals surface area contributed by atoms with E-state index in [4.69, 9.17) is 0 Å². The Labute approximate surface area is 111 Å². The first-order valence-electron chi connectivity index (χ1n) is 6.96. The molecule has 0 spiro atoms. The van der Waals surface area contributed by atoms with Crippen LogP contribution in [-0.4, -0.2) is 39.8 Å². The third kappa shape index (κ3) is 3.16. The molecule has 1 unspecified atom stereocenters. The van der Waals surface area contributed by atoms with E-state index in [1.807, 2.05) is 0 Å². The molecule has 3 nitrogen and oxygen atoms in total. The highest BCUT2D eigenvalue weighted by Crippen LogP contribution is 2.24. The molecule has 0 bridgehead atoms.